The SMILES string of the molecule is [NH]c1cccc2ccc3ccccc3c12. The monoisotopic (exact) mass is 192 g/mol. The molecule has 0 fully saturated rings. The van der Waals surface area contributed by atoms with Gasteiger partial charge in [0.2, 0.25) is 0 Å². The Balaban J connectivity index is 2.64. The van der Waals surface area contributed by atoms with Gasteiger partial charge in [0.25, 0.3) is 0 Å². The average Bonchev–Trinajstić information content (AvgIpc) is 2.29. The zero-order valence-electron chi connectivity index (χ0n) is 8.20. The number of hydrogen-bond donors (Lipinski definition) is 0. The van der Waals surface area contributed by atoms with Crippen molar-refractivity contribution in [3.63, 3.8) is 0 Å². The van der Waals surface area contributed by atoms with Gasteiger partial charge in [-0.1, -0.05) is 48.5 Å². The van der Waals surface area contributed by atoms with Crippen LogP contribution >= 0.6 is 0 Å². The van der Waals surface area contributed by atoms with Gasteiger partial charge in [-0.05, 0) is 22.2 Å². The van der Waals surface area contributed by atoms with Crippen LogP contribution < -0.4 is 5.73 Å². The molecular formula is C14H10N. The summed E-state index contributed by atoms with van der Waals surface area (Å²) in [5, 5.41) is 4.56. The number of benzene rings is 3. The van der Waals surface area contributed by atoms with Crippen LogP contribution in [0.25, 0.3) is 21.5 Å². The molecule has 0 amide bonds. The van der Waals surface area contributed by atoms with Crippen LogP contribution in [0.3, 0.4) is 0 Å². The summed E-state index contributed by atoms with van der Waals surface area (Å²) >= 11 is 0. The third kappa shape index (κ3) is 1.17. The molecule has 15 heavy (non-hydrogen) atoms. The first kappa shape index (κ1) is 8.30. The lowest BCUT2D eigenvalue weighted by Gasteiger charge is -2.05. The van der Waals surface area contributed by atoms with Crippen molar-refractivity contribution in [2.75, 3.05) is 0 Å². The highest BCUT2D eigenvalue weighted by Gasteiger charge is 2.02. The highest BCUT2D eigenvalue weighted by molar-refractivity contribution is 6.12. The van der Waals surface area contributed by atoms with E-state index in [0.717, 1.165) is 10.8 Å². The lowest BCUT2D eigenvalue weighted by atomic mass is 10.0. The summed E-state index contributed by atoms with van der Waals surface area (Å²) < 4.78 is 0. The molecule has 0 saturated heterocycles. The minimum absolute atomic E-state index is 0.601. The largest absolute Gasteiger partial charge is 0.300 e. The first-order chi connectivity index (χ1) is 7.36. The second-order valence-electron chi connectivity index (χ2n) is 3.69. The standard InChI is InChI=1S/C14H10N/c15-13-7-3-5-11-9-8-10-4-1-2-6-12(10)14(11)13/h1-9,15H. The predicted molar refractivity (Wildman–Crippen MR) is 64.2 cm³/mol. The van der Waals surface area contributed by atoms with Crippen molar-refractivity contribution in [1.29, 1.82) is 0 Å². The Hall–Kier alpha value is -2.02. The highest BCUT2D eigenvalue weighted by atomic mass is 14.5. The van der Waals surface area contributed by atoms with Crippen molar-refractivity contribution < 1.29 is 0 Å². The van der Waals surface area contributed by atoms with E-state index in [2.05, 4.69) is 30.3 Å². The molecule has 0 unspecified atom stereocenters. The van der Waals surface area contributed by atoms with Gasteiger partial charge in [0.1, 0.15) is 0 Å². The first-order valence-electron chi connectivity index (χ1n) is 4.98. The molecule has 0 saturated carbocycles. The Morgan fingerprint density at radius 3 is 2.33 bits per heavy atom. The molecule has 0 heterocycles. The second kappa shape index (κ2) is 2.99. The van der Waals surface area contributed by atoms with E-state index in [1.807, 2.05) is 24.3 Å². The van der Waals surface area contributed by atoms with Crippen LogP contribution in [0.4, 0.5) is 5.69 Å². The van der Waals surface area contributed by atoms with Gasteiger partial charge >= 0.3 is 0 Å². The highest BCUT2D eigenvalue weighted by Crippen LogP contribution is 2.30. The number of nitrogens with one attached hydrogen (secondary N) is 1. The van der Waals surface area contributed by atoms with E-state index in [4.69, 9.17) is 5.73 Å². The minimum atomic E-state index is 0.601. The topological polar surface area (TPSA) is 23.8 Å². The van der Waals surface area contributed by atoms with E-state index in [1.54, 1.807) is 0 Å². The molecule has 1 N–H and O–H groups in total. The summed E-state index contributed by atoms with van der Waals surface area (Å²) in [5.74, 6) is 0. The fourth-order valence-corrected chi connectivity index (χ4v) is 2.06. The normalized spacial score (nSPS) is 10.9. The Morgan fingerprint density at radius 1 is 0.667 bits per heavy atom. The zero-order chi connectivity index (χ0) is 10.3. The van der Waals surface area contributed by atoms with Crippen molar-refractivity contribution in [3.8, 4) is 0 Å². The van der Waals surface area contributed by atoms with Crippen LogP contribution in [0, 0.1) is 0 Å². The van der Waals surface area contributed by atoms with Gasteiger partial charge in [0.05, 0.1) is 5.69 Å². The molecule has 0 aliphatic carbocycles. The van der Waals surface area contributed by atoms with E-state index < -0.39 is 0 Å². The third-order valence-electron chi connectivity index (χ3n) is 2.77. The number of fused-ring (bicyclic) bond motifs is 3. The van der Waals surface area contributed by atoms with Gasteiger partial charge in [0.15, 0.2) is 0 Å². The molecule has 1 nitrogen and oxygen atoms in total. The lowest BCUT2D eigenvalue weighted by Crippen LogP contribution is -1.79. The maximum absolute atomic E-state index is 7.95. The number of hydrogen-bond acceptors (Lipinski definition) is 0. The van der Waals surface area contributed by atoms with Gasteiger partial charge in [-0.2, -0.15) is 0 Å². The molecule has 0 bridgehead atoms. The summed E-state index contributed by atoms with van der Waals surface area (Å²) in [6.07, 6.45) is 0. The molecule has 0 aromatic heterocycles. The van der Waals surface area contributed by atoms with Gasteiger partial charge < -0.3 is 5.73 Å². The number of rotatable bonds is 0. The van der Waals surface area contributed by atoms with Crippen molar-refractivity contribution in [3.05, 3.63) is 54.6 Å². The van der Waals surface area contributed by atoms with E-state index >= 15 is 0 Å². The van der Waals surface area contributed by atoms with Gasteiger partial charge in [0, 0.05) is 5.39 Å². The molecule has 0 spiro atoms. The molecule has 0 aliphatic heterocycles. The van der Waals surface area contributed by atoms with Crippen LogP contribution in [-0.4, -0.2) is 0 Å². The summed E-state index contributed by atoms with van der Waals surface area (Å²) in [5.41, 5.74) is 8.55. The Bertz CT molecular complexity index is 641. The first-order valence-corrected chi connectivity index (χ1v) is 4.98. The van der Waals surface area contributed by atoms with Gasteiger partial charge in [-0.25, -0.2) is 0 Å². The Kier molecular flexibility index (Phi) is 1.65. The maximum atomic E-state index is 7.95. The van der Waals surface area contributed by atoms with Crippen LogP contribution in [0.5, 0.6) is 0 Å². The van der Waals surface area contributed by atoms with Crippen molar-refractivity contribution in [2.24, 2.45) is 0 Å². The van der Waals surface area contributed by atoms with Crippen molar-refractivity contribution in [2.45, 2.75) is 0 Å². The molecule has 71 valence electrons. The summed E-state index contributed by atoms with van der Waals surface area (Å²) in [6, 6.07) is 18.2. The van der Waals surface area contributed by atoms with Gasteiger partial charge in [-0.3, -0.25) is 0 Å². The van der Waals surface area contributed by atoms with E-state index in [1.165, 1.54) is 10.8 Å². The van der Waals surface area contributed by atoms with Gasteiger partial charge in [-0.15, -0.1) is 0 Å². The maximum Gasteiger partial charge on any atom is 0.0624 e. The molecule has 3 aromatic rings. The van der Waals surface area contributed by atoms with E-state index in [-0.39, 0.29) is 0 Å². The lowest BCUT2D eigenvalue weighted by molar-refractivity contribution is 1.53. The quantitative estimate of drug-likeness (QED) is 0.482. The summed E-state index contributed by atoms with van der Waals surface area (Å²) in [4.78, 5) is 0. The van der Waals surface area contributed by atoms with Crippen LogP contribution in [0.1, 0.15) is 0 Å². The van der Waals surface area contributed by atoms with Crippen molar-refractivity contribution in [1.82, 2.24) is 5.73 Å². The molecule has 0 aliphatic rings. The average molecular weight is 192 g/mol. The molecule has 3 aromatic carbocycles. The molecule has 0 atom stereocenters. The van der Waals surface area contributed by atoms with Crippen LogP contribution in [0.2, 0.25) is 0 Å². The van der Waals surface area contributed by atoms with Crippen LogP contribution in [0.15, 0.2) is 54.6 Å². The van der Waals surface area contributed by atoms with E-state index in [9.17, 15) is 0 Å². The Labute approximate surface area is 88.1 Å². The van der Waals surface area contributed by atoms with E-state index in [0.29, 0.717) is 5.69 Å². The summed E-state index contributed by atoms with van der Waals surface area (Å²) in [7, 11) is 0. The van der Waals surface area contributed by atoms with Crippen LogP contribution in [-0.2, 0) is 0 Å². The fraction of sp³-hybridized carbons (Fsp3) is 0. The summed E-state index contributed by atoms with van der Waals surface area (Å²) in [6.45, 7) is 0. The minimum Gasteiger partial charge on any atom is -0.300 e. The molecule has 1 radical (unpaired) electrons. The molecule has 3 rings (SSSR count). The molecule has 1 heteroatoms. The zero-order valence-corrected chi connectivity index (χ0v) is 8.20. The fourth-order valence-electron chi connectivity index (χ4n) is 2.06. The molecular weight excluding hydrogens is 182 g/mol. The second-order valence-corrected chi connectivity index (χ2v) is 3.69. The third-order valence-corrected chi connectivity index (χ3v) is 2.77. The predicted octanol–water partition coefficient (Wildman–Crippen LogP) is 3.91. The van der Waals surface area contributed by atoms with Crippen molar-refractivity contribution >= 4 is 27.2 Å². The smallest absolute Gasteiger partial charge is 0.0624 e. The Morgan fingerprint density at radius 2 is 1.40 bits per heavy atom.